The largest absolute Gasteiger partial charge is 0.387 e. The van der Waals surface area contributed by atoms with Crippen molar-refractivity contribution in [2.75, 3.05) is 13.1 Å². The molecule has 2 bridgehead atoms. The fraction of sp³-hybridized carbons (Fsp3) is 0.400. The van der Waals surface area contributed by atoms with E-state index in [0.29, 0.717) is 11.8 Å². The molecule has 5 atom stereocenters. The molecule has 0 spiro atoms. The number of nitrogens with zero attached hydrogens (tertiary/aromatic N) is 1. The third-order valence-electron chi connectivity index (χ3n) is 5.66. The Morgan fingerprint density at radius 2 is 2.00 bits per heavy atom. The summed E-state index contributed by atoms with van der Waals surface area (Å²) in [7, 11) is 0. The van der Waals surface area contributed by atoms with Crippen molar-refractivity contribution in [3.05, 3.63) is 60.7 Å². The molecule has 0 aliphatic carbocycles. The van der Waals surface area contributed by atoms with Gasteiger partial charge in [-0.25, -0.2) is 0 Å². The molecule has 5 rings (SSSR count). The van der Waals surface area contributed by atoms with Crippen LogP contribution in [0.3, 0.4) is 0 Å². The standard InChI is InChI=1S/C20H23NO/c1-2-14-13-21-11-10-16(14)12-19(21)20(22)18-9-5-7-15-6-3-4-8-17(15)18/h2-9,14,16,19-20,22H,1,10-13H2/t14-,16-,19-,20+/m0/s1. The summed E-state index contributed by atoms with van der Waals surface area (Å²) in [6, 6.07) is 14.9. The first-order chi connectivity index (χ1) is 10.8. The highest BCUT2D eigenvalue weighted by Gasteiger charge is 2.42. The topological polar surface area (TPSA) is 23.5 Å². The third-order valence-corrected chi connectivity index (χ3v) is 5.66. The SMILES string of the molecule is C=C[C@H]1CN2CC[C@H]1C[C@H]2[C@H](O)c1cccc2ccccc12. The summed E-state index contributed by atoms with van der Waals surface area (Å²) in [6.07, 6.45) is 4.04. The van der Waals surface area contributed by atoms with E-state index in [-0.39, 0.29) is 6.04 Å². The van der Waals surface area contributed by atoms with Crippen LogP contribution in [0.1, 0.15) is 24.5 Å². The highest BCUT2D eigenvalue weighted by molar-refractivity contribution is 5.86. The summed E-state index contributed by atoms with van der Waals surface area (Å²) in [5.41, 5.74) is 1.07. The molecule has 3 saturated heterocycles. The van der Waals surface area contributed by atoms with Crippen molar-refractivity contribution in [3.8, 4) is 0 Å². The first kappa shape index (κ1) is 14.0. The molecule has 2 aromatic rings. The summed E-state index contributed by atoms with van der Waals surface area (Å²) < 4.78 is 0. The molecule has 0 radical (unpaired) electrons. The molecule has 2 nitrogen and oxygen atoms in total. The van der Waals surface area contributed by atoms with Gasteiger partial charge in [-0.2, -0.15) is 0 Å². The number of benzene rings is 2. The van der Waals surface area contributed by atoms with E-state index < -0.39 is 6.10 Å². The third kappa shape index (κ3) is 2.18. The molecule has 114 valence electrons. The predicted octanol–water partition coefficient (Wildman–Crippen LogP) is 3.77. The van der Waals surface area contributed by atoms with Crippen LogP contribution in [0.4, 0.5) is 0 Å². The lowest BCUT2D eigenvalue weighted by Crippen LogP contribution is -2.54. The van der Waals surface area contributed by atoms with Crippen molar-refractivity contribution in [1.82, 2.24) is 4.90 Å². The highest BCUT2D eigenvalue weighted by atomic mass is 16.3. The highest BCUT2D eigenvalue weighted by Crippen LogP contribution is 2.42. The molecule has 3 heterocycles. The lowest BCUT2D eigenvalue weighted by atomic mass is 9.73. The minimum atomic E-state index is -0.403. The molecule has 3 fully saturated rings. The maximum Gasteiger partial charge on any atom is 0.0951 e. The van der Waals surface area contributed by atoms with Crippen LogP contribution in [0.5, 0.6) is 0 Å². The Morgan fingerprint density at radius 1 is 1.18 bits per heavy atom. The average molecular weight is 293 g/mol. The van der Waals surface area contributed by atoms with E-state index >= 15 is 0 Å². The first-order valence-corrected chi connectivity index (χ1v) is 8.30. The van der Waals surface area contributed by atoms with Gasteiger partial charge in [0.25, 0.3) is 0 Å². The van der Waals surface area contributed by atoms with E-state index in [1.807, 2.05) is 0 Å². The molecule has 3 aliphatic rings. The van der Waals surface area contributed by atoms with Crippen molar-refractivity contribution >= 4 is 10.8 Å². The van der Waals surface area contributed by atoms with Gasteiger partial charge in [0.15, 0.2) is 0 Å². The molecule has 2 aromatic carbocycles. The summed E-state index contributed by atoms with van der Waals surface area (Å²) in [4.78, 5) is 2.47. The second kappa shape index (κ2) is 5.53. The summed E-state index contributed by atoms with van der Waals surface area (Å²) in [6.45, 7) is 6.15. The maximum absolute atomic E-state index is 11.1. The minimum absolute atomic E-state index is 0.251. The van der Waals surface area contributed by atoms with Gasteiger partial charge in [0.2, 0.25) is 0 Å². The van der Waals surface area contributed by atoms with Gasteiger partial charge in [-0.3, -0.25) is 4.90 Å². The maximum atomic E-state index is 11.1. The number of aliphatic hydroxyl groups is 1. The molecule has 22 heavy (non-hydrogen) atoms. The van der Waals surface area contributed by atoms with Crippen LogP contribution in [0.15, 0.2) is 55.1 Å². The number of fused-ring (bicyclic) bond motifs is 4. The van der Waals surface area contributed by atoms with Crippen molar-refractivity contribution < 1.29 is 5.11 Å². The molecule has 2 heteroatoms. The van der Waals surface area contributed by atoms with Gasteiger partial charge in [0.1, 0.15) is 0 Å². The van der Waals surface area contributed by atoms with Crippen LogP contribution < -0.4 is 0 Å². The summed E-state index contributed by atoms with van der Waals surface area (Å²) in [5, 5.41) is 13.4. The lowest BCUT2D eigenvalue weighted by Gasteiger charge is -2.50. The van der Waals surface area contributed by atoms with Crippen LogP contribution in [0.2, 0.25) is 0 Å². The molecule has 0 saturated carbocycles. The Kier molecular flexibility index (Phi) is 3.51. The zero-order valence-corrected chi connectivity index (χ0v) is 12.9. The number of hydrogen-bond donors (Lipinski definition) is 1. The van der Waals surface area contributed by atoms with Crippen molar-refractivity contribution in [1.29, 1.82) is 0 Å². The zero-order valence-electron chi connectivity index (χ0n) is 12.9. The van der Waals surface area contributed by atoms with E-state index in [1.165, 1.54) is 17.2 Å². The molecule has 0 aromatic heterocycles. The van der Waals surface area contributed by atoms with Crippen LogP contribution in [-0.2, 0) is 0 Å². The number of piperidine rings is 3. The molecular formula is C20H23NO. The Balaban J connectivity index is 1.67. The van der Waals surface area contributed by atoms with Crippen LogP contribution in [-0.4, -0.2) is 29.1 Å². The molecule has 3 aliphatic heterocycles. The van der Waals surface area contributed by atoms with Gasteiger partial charge in [0.05, 0.1) is 6.10 Å². The van der Waals surface area contributed by atoms with E-state index in [1.54, 1.807) is 0 Å². The zero-order chi connectivity index (χ0) is 15.1. The van der Waals surface area contributed by atoms with Gasteiger partial charge in [-0.1, -0.05) is 48.5 Å². The van der Waals surface area contributed by atoms with Crippen molar-refractivity contribution in [3.63, 3.8) is 0 Å². The number of hydrogen-bond acceptors (Lipinski definition) is 2. The number of aliphatic hydroxyl groups excluding tert-OH is 1. The van der Waals surface area contributed by atoms with Gasteiger partial charge < -0.3 is 5.11 Å². The predicted molar refractivity (Wildman–Crippen MR) is 90.7 cm³/mol. The summed E-state index contributed by atoms with van der Waals surface area (Å²) in [5.74, 6) is 1.29. The summed E-state index contributed by atoms with van der Waals surface area (Å²) >= 11 is 0. The minimum Gasteiger partial charge on any atom is -0.387 e. The smallest absolute Gasteiger partial charge is 0.0951 e. The van der Waals surface area contributed by atoms with Gasteiger partial charge >= 0.3 is 0 Å². The van der Waals surface area contributed by atoms with E-state index in [2.05, 4.69) is 60.0 Å². The Hall–Kier alpha value is -1.64. The molecule has 1 unspecified atom stereocenters. The Labute approximate surface area is 132 Å². The van der Waals surface area contributed by atoms with Crippen molar-refractivity contribution in [2.24, 2.45) is 11.8 Å². The van der Waals surface area contributed by atoms with Gasteiger partial charge in [-0.05, 0) is 47.6 Å². The monoisotopic (exact) mass is 293 g/mol. The Morgan fingerprint density at radius 3 is 2.77 bits per heavy atom. The molecule has 0 amide bonds. The van der Waals surface area contributed by atoms with Crippen LogP contribution in [0, 0.1) is 11.8 Å². The van der Waals surface area contributed by atoms with E-state index in [9.17, 15) is 5.11 Å². The fourth-order valence-electron chi connectivity index (χ4n) is 4.42. The van der Waals surface area contributed by atoms with Crippen LogP contribution in [0.25, 0.3) is 10.8 Å². The Bertz CT molecular complexity index is 690. The second-order valence-electron chi connectivity index (χ2n) is 6.76. The first-order valence-electron chi connectivity index (χ1n) is 8.30. The van der Waals surface area contributed by atoms with Gasteiger partial charge in [0, 0.05) is 12.6 Å². The van der Waals surface area contributed by atoms with Gasteiger partial charge in [-0.15, -0.1) is 6.58 Å². The lowest BCUT2D eigenvalue weighted by molar-refractivity contribution is -0.0444. The van der Waals surface area contributed by atoms with Crippen molar-refractivity contribution in [2.45, 2.75) is 25.0 Å². The molecule has 1 N–H and O–H groups in total. The quantitative estimate of drug-likeness (QED) is 0.871. The van der Waals surface area contributed by atoms with Crippen LogP contribution >= 0.6 is 0 Å². The average Bonchev–Trinajstić information content (AvgIpc) is 2.60. The van der Waals surface area contributed by atoms with E-state index in [0.717, 1.165) is 25.1 Å². The fourth-order valence-corrected chi connectivity index (χ4v) is 4.42. The molecular weight excluding hydrogens is 270 g/mol. The number of rotatable bonds is 3. The second-order valence-corrected chi connectivity index (χ2v) is 6.76. The normalized spacial score (nSPS) is 32.0. The van der Waals surface area contributed by atoms with E-state index in [4.69, 9.17) is 0 Å².